The number of carbonyl (C=O) groups is 1. The highest BCUT2D eigenvalue weighted by Crippen LogP contribution is 2.22. The fourth-order valence-electron chi connectivity index (χ4n) is 2.90. The molecular formula is C20H29FN4O. The maximum absolute atomic E-state index is 13.3. The third-order valence-corrected chi connectivity index (χ3v) is 4.13. The number of nitrogens with zero attached hydrogens (tertiary/aromatic N) is 3. The number of rotatable bonds is 8. The summed E-state index contributed by atoms with van der Waals surface area (Å²) in [4.78, 5) is 14.9. The summed E-state index contributed by atoms with van der Waals surface area (Å²) in [6, 6.07) is 6.20. The second-order valence-electron chi connectivity index (χ2n) is 7.17. The van der Waals surface area contributed by atoms with Crippen LogP contribution in [0.25, 0.3) is 5.69 Å². The number of hydrogen-bond acceptors (Lipinski definition) is 3. The molecule has 1 N–H and O–H groups in total. The normalized spacial score (nSPS) is 11.4. The van der Waals surface area contributed by atoms with Gasteiger partial charge < -0.3 is 10.2 Å². The average Bonchev–Trinajstić information content (AvgIpc) is 2.92. The highest BCUT2D eigenvalue weighted by atomic mass is 19.1. The Morgan fingerprint density at radius 1 is 1.27 bits per heavy atom. The van der Waals surface area contributed by atoms with E-state index in [-0.39, 0.29) is 11.7 Å². The third kappa shape index (κ3) is 4.91. The highest BCUT2D eigenvalue weighted by molar-refractivity contribution is 5.96. The van der Waals surface area contributed by atoms with Crippen molar-refractivity contribution in [3.05, 3.63) is 47.0 Å². The highest BCUT2D eigenvalue weighted by Gasteiger charge is 2.23. The summed E-state index contributed by atoms with van der Waals surface area (Å²) < 4.78 is 15.1. The van der Waals surface area contributed by atoms with Gasteiger partial charge in [-0.1, -0.05) is 20.8 Å². The quantitative estimate of drug-likeness (QED) is 0.787. The summed E-state index contributed by atoms with van der Waals surface area (Å²) >= 11 is 0. The molecule has 0 aliphatic carbocycles. The van der Waals surface area contributed by atoms with Gasteiger partial charge in [-0.15, -0.1) is 0 Å². The molecule has 142 valence electrons. The van der Waals surface area contributed by atoms with Crippen molar-refractivity contribution in [2.75, 3.05) is 27.2 Å². The van der Waals surface area contributed by atoms with E-state index in [1.165, 1.54) is 12.1 Å². The van der Waals surface area contributed by atoms with E-state index in [0.29, 0.717) is 24.4 Å². The van der Waals surface area contributed by atoms with Gasteiger partial charge in [0.1, 0.15) is 5.82 Å². The summed E-state index contributed by atoms with van der Waals surface area (Å²) in [5.74, 6) is 0.000297. The summed E-state index contributed by atoms with van der Waals surface area (Å²) in [6.45, 7) is 7.58. The molecule has 5 nitrogen and oxygen atoms in total. The van der Waals surface area contributed by atoms with Gasteiger partial charge in [-0.25, -0.2) is 9.07 Å². The van der Waals surface area contributed by atoms with Crippen LogP contribution in [0.2, 0.25) is 0 Å². The molecule has 2 rings (SSSR count). The maximum atomic E-state index is 13.3. The minimum Gasteiger partial charge on any atom is -0.351 e. The zero-order valence-corrected chi connectivity index (χ0v) is 16.3. The first kappa shape index (κ1) is 20.1. The van der Waals surface area contributed by atoms with E-state index < -0.39 is 0 Å². The molecular weight excluding hydrogens is 331 g/mol. The van der Waals surface area contributed by atoms with E-state index in [1.54, 1.807) is 16.8 Å². The van der Waals surface area contributed by atoms with Crippen LogP contribution in [0.5, 0.6) is 0 Å². The minimum absolute atomic E-state index is 0.0901. The average molecular weight is 360 g/mol. The van der Waals surface area contributed by atoms with E-state index >= 15 is 0 Å². The first-order valence-corrected chi connectivity index (χ1v) is 9.13. The van der Waals surface area contributed by atoms with Crippen LogP contribution in [0.3, 0.4) is 0 Å². The lowest BCUT2D eigenvalue weighted by molar-refractivity contribution is 0.0949. The number of benzene rings is 1. The Hall–Kier alpha value is -2.21. The van der Waals surface area contributed by atoms with Crippen LogP contribution in [-0.4, -0.2) is 47.8 Å². The lowest BCUT2D eigenvalue weighted by Gasteiger charge is -2.12. The Morgan fingerprint density at radius 3 is 2.46 bits per heavy atom. The van der Waals surface area contributed by atoms with E-state index in [2.05, 4.69) is 19.2 Å². The summed E-state index contributed by atoms with van der Waals surface area (Å²) in [7, 11) is 3.95. The number of carbonyl (C=O) groups excluding carboxylic acids is 1. The Labute approximate surface area is 155 Å². The van der Waals surface area contributed by atoms with Gasteiger partial charge in [0.05, 0.1) is 22.6 Å². The summed E-state index contributed by atoms with van der Waals surface area (Å²) in [6.07, 6.45) is 1.39. The molecule has 0 saturated carbocycles. The third-order valence-electron chi connectivity index (χ3n) is 4.13. The van der Waals surface area contributed by atoms with Crippen molar-refractivity contribution in [1.29, 1.82) is 0 Å². The van der Waals surface area contributed by atoms with Crippen molar-refractivity contribution in [2.24, 2.45) is 5.92 Å². The van der Waals surface area contributed by atoms with Gasteiger partial charge in [0, 0.05) is 13.1 Å². The number of likely N-dealkylation sites (N-methyl/N-ethyl adjacent to an activating group) is 1. The van der Waals surface area contributed by atoms with Crippen molar-refractivity contribution in [3.8, 4) is 5.69 Å². The molecule has 0 saturated heterocycles. The first-order chi connectivity index (χ1) is 12.3. The van der Waals surface area contributed by atoms with Crippen LogP contribution < -0.4 is 5.32 Å². The Morgan fingerprint density at radius 2 is 1.92 bits per heavy atom. The molecule has 0 atom stereocenters. The zero-order valence-electron chi connectivity index (χ0n) is 16.3. The Balaban J connectivity index is 2.43. The second-order valence-corrected chi connectivity index (χ2v) is 7.17. The molecule has 0 aliphatic rings. The Bertz CT molecular complexity index is 735. The lowest BCUT2D eigenvalue weighted by Crippen LogP contribution is -2.32. The molecule has 0 fully saturated rings. The molecule has 1 aromatic heterocycles. The SMILES string of the molecule is CCc1c(C(=O)NCCN(C)C)c(CC(C)C)nn1-c1ccc(F)cc1. The maximum Gasteiger partial charge on any atom is 0.255 e. The van der Waals surface area contributed by atoms with E-state index in [0.717, 1.165) is 30.0 Å². The van der Waals surface area contributed by atoms with Gasteiger partial charge in [-0.05, 0) is 57.1 Å². The van der Waals surface area contributed by atoms with Crippen molar-refractivity contribution in [3.63, 3.8) is 0 Å². The molecule has 0 unspecified atom stereocenters. The molecule has 2 aromatic rings. The fourth-order valence-corrected chi connectivity index (χ4v) is 2.90. The number of nitrogens with one attached hydrogen (secondary N) is 1. The van der Waals surface area contributed by atoms with Crippen molar-refractivity contribution in [1.82, 2.24) is 20.0 Å². The monoisotopic (exact) mass is 360 g/mol. The topological polar surface area (TPSA) is 50.2 Å². The smallest absolute Gasteiger partial charge is 0.255 e. The molecule has 1 amide bonds. The van der Waals surface area contributed by atoms with Gasteiger partial charge >= 0.3 is 0 Å². The molecule has 0 spiro atoms. The first-order valence-electron chi connectivity index (χ1n) is 9.13. The minimum atomic E-state index is -0.289. The van der Waals surface area contributed by atoms with Crippen LogP contribution in [0, 0.1) is 11.7 Å². The van der Waals surface area contributed by atoms with Gasteiger partial charge in [-0.2, -0.15) is 5.10 Å². The van der Waals surface area contributed by atoms with Gasteiger partial charge in [0.25, 0.3) is 5.91 Å². The van der Waals surface area contributed by atoms with Crippen LogP contribution in [-0.2, 0) is 12.8 Å². The van der Waals surface area contributed by atoms with E-state index in [9.17, 15) is 9.18 Å². The number of aromatic nitrogens is 2. The molecule has 6 heteroatoms. The fraction of sp³-hybridized carbons (Fsp3) is 0.500. The van der Waals surface area contributed by atoms with E-state index in [4.69, 9.17) is 5.10 Å². The predicted molar refractivity (Wildman–Crippen MR) is 102 cm³/mol. The molecule has 26 heavy (non-hydrogen) atoms. The van der Waals surface area contributed by atoms with Crippen molar-refractivity contribution >= 4 is 5.91 Å². The Kier molecular flexibility index (Phi) is 6.91. The van der Waals surface area contributed by atoms with Crippen LogP contribution in [0.15, 0.2) is 24.3 Å². The number of halogens is 1. The molecule has 1 heterocycles. The summed E-state index contributed by atoms with van der Waals surface area (Å²) in [5.41, 5.74) is 3.07. The van der Waals surface area contributed by atoms with E-state index in [1.807, 2.05) is 25.9 Å². The predicted octanol–water partition coefficient (Wildman–Crippen LogP) is 3.06. The second kappa shape index (κ2) is 8.94. The number of amides is 1. The number of hydrogen-bond donors (Lipinski definition) is 1. The standard InChI is InChI=1S/C20H29FN4O/c1-6-18-19(20(26)22-11-12-24(4)5)17(13-14(2)3)23-25(18)16-9-7-15(21)8-10-16/h7-10,14H,6,11-13H2,1-5H3,(H,22,26). The van der Waals surface area contributed by atoms with Gasteiger partial charge in [-0.3, -0.25) is 4.79 Å². The summed E-state index contributed by atoms with van der Waals surface area (Å²) in [5, 5.41) is 7.71. The van der Waals surface area contributed by atoms with Crippen LogP contribution in [0.1, 0.15) is 42.5 Å². The molecule has 0 aliphatic heterocycles. The van der Waals surface area contributed by atoms with Crippen LogP contribution in [0.4, 0.5) is 4.39 Å². The lowest BCUT2D eigenvalue weighted by atomic mass is 10.0. The molecule has 0 bridgehead atoms. The van der Waals surface area contributed by atoms with Gasteiger partial charge in [0.2, 0.25) is 0 Å². The van der Waals surface area contributed by atoms with Gasteiger partial charge in [0.15, 0.2) is 0 Å². The molecule has 1 aromatic carbocycles. The van der Waals surface area contributed by atoms with Crippen molar-refractivity contribution in [2.45, 2.75) is 33.6 Å². The van der Waals surface area contributed by atoms with Crippen molar-refractivity contribution < 1.29 is 9.18 Å². The van der Waals surface area contributed by atoms with Crippen LogP contribution >= 0.6 is 0 Å². The zero-order chi connectivity index (χ0) is 19.3. The molecule has 0 radical (unpaired) electrons. The largest absolute Gasteiger partial charge is 0.351 e.